The Balaban J connectivity index is 2.96. The van der Waals surface area contributed by atoms with Gasteiger partial charge in [0.2, 0.25) is 0 Å². The van der Waals surface area contributed by atoms with Gasteiger partial charge in [0.15, 0.2) is 0 Å². The molecule has 0 saturated carbocycles. The summed E-state index contributed by atoms with van der Waals surface area (Å²) in [5.41, 5.74) is -0.623. The molecule has 0 aliphatic heterocycles. The smallest absolute Gasteiger partial charge is 0.341 e. The van der Waals surface area contributed by atoms with Crippen molar-refractivity contribution in [3.8, 4) is 0 Å². The summed E-state index contributed by atoms with van der Waals surface area (Å²) in [6.07, 6.45) is 0. The number of carbonyl (C=O) groups excluding carboxylic acids is 1. The monoisotopic (exact) mass is 322 g/mol. The lowest BCUT2D eigenvalue weighted by Gasteiger charge is -2.19. The molecule has 0 heterocycles. The van der Waals surface area contributed by atoms with Crippen LogP contribution in [0.5, 0.6) is 0 Å². The minimum atomic E-state index is -0.626. The summed E-state index contributed by atoms with van der Waals surface area (Å²) in [7, 11) is 0. The van der Waals surface area contributed by atoms with E-state index in [0.717, 1.165) is 3.57 Å². The van der Waals surface area contributed by atoms with Gasteiger partial charge in [0.25, 0.3) is 0 Å². The second-order valence-corrected chi connectivity index (χ2v) is 5.37. The molecule has 0 atom stereocenters. The zero-order valence-electron chi connectivity index (χ0n) is 8.80. The zero-order valence-corrected chi connectivity index (χ0v) is 11.0. The lowest BCUT2D eigenvalue weighted by atomic mass is 10.1. The maximum atomic E-state index is 13.3. The average Bonchev–Trinajstić information content (AvgIpc) is 2.06. The highest BCUT2D eigenvalue weighted by Crippen LogP contribution is 2.17. The van der Waals surface area contributed by atoms with Crippen LogP contribution >= 0.6 is 22.6 Å². The van der Waals surface area contributed by atoms with Gasteiger partial charge in [-0.05, 0) is 61.6 Å². The van der Waals surface area contributed by atoms with Crippen molar-refractivity contribution in [2.24, 2.45) is 0 Å². The topological polar surface area (TPSA) is 26.3 Å². The summed E-state index contributed by atoms with van der Waals surface area (Å²) < 4.78 is 19.2. The summed E-state index contributed by atoms with van der Waals surface area (Å²) in [6.45, 7) is 5.24. The minimum Gasteiger partial charge on any atom is -0.456 e. The lowest BCUT2D eigenvalue weighted by Crippen LogP contribution is -2.24. The number of carbonyl (C=O) groups is 1. The molecule has 0 fully saturated rings. The fourth-order valence-electron chi connectivity index (χ4n) is 0.987. The van der Waals surface area contributed by atoms with Crippen molar-refractivity contribution in [3.63, 3.8) is 0 Å². The van der Waals surface area contributed by atoms with E-state index in [2.05, 4.69) is 0 Å². The van der Waals surface area contributed by atoms with Crippen molar-refractivity contribution in [3.05, 3.63) is 33.1 Å². The number of hydrogen-bond acceptors (Lipinski definition) is 2. The largest absolute Gasteiger partial charge is 0.456 e. The van der Waals surface area contributed by atoms with Crippen LogP contribution in [0.2, 0.25) is 0 Å². The van der Waals surface area contributed by atoms with Crippen LogP contribution in [0, 0.1) is 9.39 Å². The molecule has 0 aromatic heterocycles. The third-order valence-corrected chi connectivity index (χ3v) is 2.22. The highest BCUT2D eigenvalue weighted by molar-refractivity contribution is 14.1. The van der Waals surface area contributed by atoms with Gasteiger partial charge in [0.1, 0.15) is 11.4 Å². The Labute approximate surface area is 102 Å². The number of rotatable bonds is 1. The van der Waals surface area contributed by atoms with Crippen molar-refractivity contribution in [1.82, 2.24) is 0 Å². The molecule has 2 nitrogen and oxygen atoms in total. The van der Waals surface area contributed by atoms with Crippen molar-refractivity contribution in [2.45, 2.75) is 26.4 Å². The third-order valence-electron chi connectivity index (χ3n) is 1.55. The highest BCUT2D eigenvalue weighted by atomic mass is 127. The van der Waals surface area contributed by atoms with Crippen molar-refractivity contribution < 1.29 is 13.9 Å². The van der Waals surface area contributed by atoms with Gasteiger partial charge in [-0.15, -0.1) is 0 Å². The molecule has 0 aliphatic rings. The Morgan fingerprint density at radius 1 is 1.40 bits per heavy atom. The molecule has 0 radical (unpaired) electrons. The minimum absolute atomic E-state index is 0.0168. The first-order valence-corrected chi connectivity index (χ1v) is 5.56. The summed E-state index contributed by atoms with van der Waals surface area (Å²) >= 11 is 2.02. The third kappa shape index (κ3) is 3.77. The first kappa shape index (κ1) is 12.4. The van der Waals surface area contributed by atoms with Crippen LogP contribution in [0.1, 0.15) is 31.1 Å². The van der Waals surface area contributed by atoms with Crippen LogP contribution in [0.15, 0.2) is 18.2 Å². The number of hydrogen-bond donors (Lipinski definition) is 0. The molecule has 1 aromatic rings. The fraction of sp³-hybridized carbons (Fsp3) is 0.364. The molecular formula is C11H12FIO2. The van der Waals surface area contributed by atoms with Gasteiger partial charge >= 0.3 is 5.97 Å². The predicted molar refractivity (Wildman–Crippen MR) is 64.3 cm³/mol. The van der Waals surface area contributed by atoms with Crippen LogP contribution in [-0.2, 0) is 4.74 Å². The first-order valence-electron chi connectivity index (χ1n) is 4.48. The van der Waals surface area contributed by atoms with E-state index in [1.165, 1.54) is 12.1 Å². The van der Waals surface area contributed by atoms with E-state index in [-0.39, 0.29) is 5.56 Å². The number of halogens is 2. The molecule has 0 N–H and O–H groups in total. The Hall–Kier alpha value is -0.650. The van der Waals surface area contributed by atoms with Gasteiger partial charge in [-0.2, -0.15) is 0 Å². The molecular weight excluding hydrogens is 310 g/mol. The first-order chi connectivity index (χ1) is 6.79. The summed E-state index contributed by atoms with van der Waals surface area (Å²) in [4.78, 5) is 11.6. The van der Waals surface area contributed by atoms with Gasteiger partial charge in [-0.3, -0.25) is 0 Å². The maximum absolute atomic E-state index is 13.3. The second kappa shape index (κ2) is 4.47. The molecule has 1 rings (SSSR count). The van der Waals surface area contributed by atoms with Gasteiger partial charge < -0.3 is 4.74 Å². The molecule has 15 heavy (non-hydrogen) atoms. The van der Waals surface area contributed by atoms with E-state index in [9.17, 15) is 9.18 Å². The number of esters is 1. The van der Waals surface area contributed by atoms with Crippen molar-refractivity contribution >= 4 is 28.6 Å². The molecule has 4 heteroatoms. The Morgan fingerprint density at radius 2 is 2.00 bits per heavy atom. The molecule has 1 aromatic carbocycles. The average molecular weight is 322 g/mol. The van der Waals surface area contributed by atoms with Crippen LogP contribution in [0.4, 0.5) is 4.39 Å². The lowest BCUT2D eigenvalue weighted by molar-refractivity contribution is 0.00646. The SMILES string of the molecule is CC(C)(C)OC(=O)c1cc(I)ccc1F. The summed E-state index contributed by atoms with van der Waals surface area (Å²) in [5, 5.41) is 0. The van der Waals surface area contributed by atoms with Crippen molar-refractivity contribution in [2.75, 3.05) is 0 Å². The van der Waals surface area contributed by atoms with Crippen LogP contribution < -0.4 is 0 Å². The summed E-state index contributed by atoms with van der Waals surface area (Å²) in [6, 6.07) is 4.34. The second-order valence-electron chi connectivity index (χ2n) is 4.13. The fourth-order valence-corrected chi connectivity index (χ4v) is 1.48. The highest BCUT2D eigenvalue weighted by Gasteiger charge is 2.20. The van der Waals surface area contributed by atoms with E-state index < -0.39 is 17.4 Å². The van der Waals surface area contributed by atoms with Gasteiger partial charge in [0, 0.05) is 3.57 Å². The number of benzene rings is 1. The van der Waals surface area contributed by atoms with Crippen LogP contribution in [0.3, 0.4) is 0 Å². The normalized spacial score (nSPS) is 11.3. The molecule has 0 aliphatic carbocycles. The van der Waals surface area contributed by atoms with E-state index >= 15 is 0 Å². The maximum Gasteiger partial charge on any atom is 0.341 e. The standard InChI is InChI=1S/C11H12FIO2/c1-11(2,3)15-10(14)8-6-7(13)4-5-9(8)12/h4-6H,1-3H3. The molecule has 82 valence electrons. The quantitative estimate of drug-likeness (QED) is 0.585. The van der Waals surface area contributed by atoms with Gasteiger partial charge in [-0.25, -0.2) is 9.18 Å². The molecule has 0 spiro atoms. The van der Waals surface area contributed by atoms with Crippen molar-refractivity contribution in [1.29, 1.82) is 0 Å². The number of ether oxygens (including phenoxy) is 1. The van der Waals surface area contributed by atoms with Gasteiger partial charge in [-0.1, -0.05) is 0 Å². The van der Waals surface area contributed by atoms with E-state index in [0.29, 0.717) is 0 Å². The van der Waals surface area contributed by atoms with Gasteiger partial charge in [0.05, 0.1) is 5.56 Å². The van der Waals surface area contributed by atoms with E-state index in [4.69, 9.17) is 4.74 Å². The Kier molecular flexibility index (Phi) is 3.70. The zero-order chi connectivity index (χ0) is 11.6. The summed E-state index contributed by atoms with van der Waals surface area (Å²) in [5.74, 6) is -1.18. The molecule has 0 bridgehead atoms. The van der Waals surface area contributed by atoms with E-state index in [1.54, 1.807) is 26.8 Å². The Morgan fingerprint density at radius 3 is 2.53 bits per heavy atom. The Bertz CT molecular complexity index is 383. The molecule has 0 unspecified atom stereocenters. The predicted octanol–water partition coefficient (Wildman–Crippen LogP) is 3.39. The molecule has 0 amide bonds. The van der Waals surface area contributed by atoms with Crippen LogP contribution in [0.25, 0.3) is 0 Å². The van der Waals surface area contributed by atoms with Crippen LogP contribution in [-0.4, -0.2) is 11.6 Å². The molecule has 0 saturated heterocycles. The van der Waals surface area contributed by atoms with E-state index in [1.807, 2.05) is 22.6 Å².